The molecule has 0 saturated heterocycles. The van der Waals surface area contributed by atoms with E-state index in [1.54, 1.807) is 30.4 Å². The van der Waals surface area contributed by atoms with Gasteiger partial charge in [0.1, 0.15) is 18.1 Å². The molecule has 0 fully saturated rings. The van der Waals surface area contributed by atoms with Crippen molar-refractivity contribution in [2.45, 2.75) is 6.04 Å². The molecule has 0 saturated carbocycles. The van der Waals surface area contributed by atoms with Gasteiger partial charge in [0.25, 0.3) is 0 Å². The predicted octanol–water partition coefficient (Wildman–Crippen LogP) is 1.68. The van der Waals surface area contributed by atoms with E-state index >= 15 is 0 Å². The summed E-state index contributed by atoms with van der Waals surface area (Å²) in [7, 11) is 1.61. The molecular weight excluding hydrogens is 204 g/mol. The zero-order chi connectivity index (χ0) is 11.4. The van der Waals surface area contributed by atoms with Crippen LogP contribution in [0.1, 0.15) is 11.6 Å². The number of hydrogen-bond acceptors (Lipinski definition) is 3. The molecule has 1 atom stereocenters. The summed E-state index contributed by atoms with van der Waals surface area (Å²) in [5, 5.41) is 0. The summed E-state index contributed by atoms with van der Waals surface area (Å²) in [6.07, 6.45) is 5.94. The van der Waals surface area contributed by atoms with Crippen molar-refractivity contribution in [3.63, 3.8) is 0 Å². The second-order valence-electron chi connectivity index (χ2n) is 3.36. The minimum Gasteiger partial charge on any atom is -0.497 e. The van der Waals surface area contributed by atoms with Crippen molar-refractivity contribution in [1.82, 2.24) is 9.55 Å². The molecule has 1 unspecified atom stereocenters. The fourth-order valence-corrected chi connectivity index (χ4v) is 1.56. The third kappa shape index (κ3) is 1.95. The van der Waals surface area contributed by atoms with Gasteiger partial charge in [0.05, 0.1) is 13.4 Å². The van der Waals surface area contributed by atoms with E-state index in [1.165, 1.54) is 0 Å². The van der Waals surface area contributed by atoms with Crippen molar-refractivity contribution in [2.24, 2.45) is 0 Å². The molecular formula is C12H12N2O2. The molecule has 0 aliphatic rings. The van der Waals surface area contributed by atoms with Crippen molar-refractivity contribution in [2.75, 3.05) is 7.11 Å². The van der Waals surface area contributed by atoms with Crippen LogP contribution in [0.4, 0.5) is 0 Å². The SMILES string of the molecule is COc1ccc(C(C=O)n2ccnc2)cc1. The maximum absolute atomic E-state index is 11.1. The van der Waals surface area contributed by atoms with Crippen LogP contribution < -0.4 is 4.74 Å². The van der Waals surface area contributed by atoms with E-state index in [1.807, 2.05) is 24.3 Å². The Bertz CT molecular complexity index is 448. The minimum absolute atomic E-state index is 0.326. The molecule has 1 aromatic heterocycles. The van der Waals surface area contributed by atoms with Crippen LogP contribution in [0.15, 0.2) is 43.0 Å². The van der Waals surface area contributed by atoms with Gasteiger partial charge in [-0.15, -0.1) is 0 Å². The average molecular weight is 216 g/mol. The highest BCUT2D eigenvalue weighted by Gasteiger charge is 2.11. The fourth-order valence-electron chi connectivity index (χ4n) is 1.56. The standard InChI is InChI=1S/C12H12N2O2/c1-16-11-4-2-10(3-5-11)12(8-15)14-7-6-13-9-14/h2-9,12H,1H3. The van der Waals surface area contributed by atoms with Gasteiger partial charge in [0.2, 0.25) is 0 Å². The normalized spacial score (nSPS) is 12.1. The van der Waals surface area contributed by atoms with Crippen molar-refractivity contribution in [1.29, 1.82) is 0 Å². The molecule has 0 aliphatic carbocycles. The first kappa shape index (κ1) is 10.4. The highest BCUT2D eigenvalue weighted by Crippen LogP contribution is 2.19. The Hall–Kier alpha value is -2.10. The number of nitrogens with zero attached hydrogens (tertiary/aromatic N) is 2. The average Bonchev–Trinajstić information content (AvgIpc) is 2.85. The number of hydrogen-bond donors (Lipinski definition) is 0. The van der Waals surface area contributed by atoms with E-state index < -0.39 is 0 Å². The number of methoxy groups -OCH3 is 1. The van der Waals surface area contributed by atoms with Crippen molar-refractivity contribution < 1.29 is 9.53 Å². The van der Waals surface area contributed by atoms with E-state index in [0.29, 0.717) is 0 Å². The second kappa shape index (κ2) is 4.61. The smallest absolute Gasteiger partial charge is 0.147 e. The first-order valence-electron chi connectivity index (χ1n) is 4.92. The first-order chi connectivity index (χ1) is 7.85. The summed E-state index contributed by atoms with van der Waals surface area (Å²) in [4.78, 5) is 15.0. The van der Waals surface area contributed by atoms with E-state index in [-0.39, 0.29) is 6.04 Å². The summed E-state index contributed by atoms with van der Waals surface area (Å²) < 4.78 is 6.82. The van der Waals surface area contributed by atoms with Gasteiger partial charge in [-0.3, -0.25) is 0 Å². The van der Waals surface area contributed by atoms with Gasteiger partial charge in [0.15, 0.2) is 0 Å². The molecule has 0 amide bonds. The highest BCUT2D eigenvalue weighted by molar-refractivity contribution is 5.62. The lowest BCUT2D eigenvalue weighted by Crippen LogP contribution is -2.09. The van der Waals surface area contributed by atoms with Crippen LogP contribution in [0.5, 0.6) is 5.75 Å². The third-order valence-electron chi connectivity index (χ3n) is 2.43. The van der Waals surface area contributed by atoms with Crippen LogP contribution in [-0.2, 0) is 4.79 Å². The molecule has 4 nitrogen and oxygen atoms in total. The number of aldehydes is 1. The monoisotopic (exact) mass is 216 g/mol. The molecule has 0 N–H and O–H groups in total. The van der Waals surface area contributed by atoms with Gasteiger partial charge in [-0.1, -0.05) is 12.1 Å². The molecule has 82 valence electrons. The third-order valence-corrected chi connectivity index (χ3v) is 2.43. The molecule has 0 aliphatic heterocycles. The van der Waals surface area contributed by atoms with Gasteiger partial charge >= 0.3 is 0 Å². The maximum atomic E-state index is 11.1. The molecule has 1 aromatic carbocycles. The fraction of sp³-hybridized carbons (Fsp3) is 0.167. The summed E-state index contributed by atoms with van der Waals surface area (Å²) in [5.41, 5.74) is 0.911. The van der Waals surface area contributed by atoms with Crippen LogP contribution in [-0.4, -0.2) is 22.9 Å². The predicted molar refractivity (Wildman–Crippen MR) is 59.4 cm³/mol. The Morgan fingerprint density at radius 1 is 1.38 bits per heavy atom. The Balaban J connectivity index is 2.30. The highest BCUT2D eigenvalue weighted by atomic mass is 16.5. The van der Waals surface area contributed by atoms with Crippen molar-refractivity contribution in [3.05, 3.63) is 48.5 Å². The first-order valence-corrected chi connectivity index (χ1v) is 4.92. The molecule has 0 spiro atoms. The number of benzene rings is 1. The maximum Gasteiger partial charge on any atom is 0.147 e. The molecule has 1 heterocycles. The van der Waals surface area contributed by atoms with Crippen molar-refractivity contribution >= 4 is 6.29 Å². The Morgan fingerprint density at radius 2 is 2.12 bits per heavy atom. The van der Waals surface area contributed by atoms with Crippen LogP contribution in [0.25, 0.3) is 0 Å². The largest absolute Gasteiger partial charge is 0.497 e. The lowest BCUT2D eigenvalue weighted by molar-refractivity contribution is -0.109. The zero-order valence-corrected chi connectivity index (χ0v) is 8.91. The van der Waals surface area contributed by atoms with Crippen LogP contribution >= 0.6 is 0 Å². The van der Waals surface area contributed by atoms with Crippen LogP contribution in [0.3, 0.4) is 0 Å². The second-order valence-corrected chi connectivity index (χ2v) is 3.36. The number of imidazole rings is 1. The Kier molecular flexibility index (Phi) is 3.00. The van der Waals surface area contributed by atoms with Gasteiger partial charge < -0.3 is 14.1 Å². The van der Waals surface area contributed by atoms with E-state index in [2.05, 4.69) is 4.98 Å². The molecule has 0 bridgehead atoms. The van der Waals surface area contributed by atoms with Gasteiger partial charge in [0, 0.05) is 12.4 Å². The Morgan fingerprint density at radius 3 is 2.62 bits per heavy atom. The molecule has 2 aromatic rings. The number of ether oxygens (including phenoxy) is 1. The van der Waals surface area contributed by atoms with Gasteiger partial charge in [-0.25, -0.2) is 4.98 Å². The van der Waals surface area contributed by atoms with E-state index in [9.17, 15) is 4.79 Å². The summed E-state index contributed by atoms with van der Waals surface area (Å²) >= 11 is 0. The molecule has 0 radical (unpaired) electrons. The lowest BCUT2D eigenvalue weighted by Gasteiger charge is -2.12. The quantitative estimate of drug-likeness (QED) is 0.730. The summed E-state index contributed by atoms with van der Waals surface area (Å²) in [5.74, 6) is 0.777. The number of carbonyl (C=O) groups excluding carboxylic acids is 1. The van der Waals surface area contributed by atoms with Gasteiger partial charge in [-0.2, -0.15) is 0 Å². The van der Waals surface area contributed by atoms with E-state index in [4.69, 9.17) is 4.74 Å². The molecule has 4 heteroatoms. The molecule has 16 heavy (non-hydrogen) atoms. The Labute approximate surface area is 93.5 Å². The number of aromatic nitrogens is 2. The topological polar surface area (TPSA) is 44.1 Å². The van der Waals surface area contributed by atoms with Crippen molar-refractivity contribution in [3.8, 4) is 5.75 Å². The summed E-state index contributed by atoms with van der Waals surface area (Å²) in [6.45, 7) is 0. The zero-order valence-electron chi connectivity index (χ0n) is 8.91. The number of rotatable bonds is 4. The van der Waals surface area contributed by atoms with Crippen LogP contribution in [0, 0.1) is 0 Å². The van der Waals surface area contributed by atoms with Crippen LogP contribution in [0.2, 0.25) is 0 Å². The molecule has 2 rings (SSSR count). The van der Waals surface area contributed by atoms with E-state index in [0.717, 1.165) is 17.6 Å². The number of carbonyl (C=O) groups is 1. The minimum atomic E-state index is -0.326. The van der Waals surface area contributed by atoms with Gasteiger partial charge in [-0.05, 0) is 17.7 Å². The summed E-state index contributed by atoms with van der Waals surface area (Å²) in [6, 6.07) is 7.09. The lowest BCUT2D eigenvalue weighted by atomic mass is 10.1.